The Bertz CT molecular complexity index is 900. The fourth-order valence-electron chi connectivity index (χ4n) is 2.52. The number of ether oxygens (including phenoxy) is 3. The van der Waals surface area contributed by atoms with E-state index in [1.807, 2.05) is 0 Å². The molecule has 0 saturated carbocycles. The summed E-state index contributed by atoms with van der Waals surface area (Å²) in [5.74, 6) is 0.00253. The topological polar surface area (TPSA) is 48.0 Å². The Labute approximate surface area is 171 Å². The molecule has 156 valence electrons. The van der Waals surface area contributed by atoms with Crippen LogP contribution in [0.2, 0.25) is 5.02 Å². The first-order valence-electron chi connectivity index (χ1n) is 8.33. The number of rotatable bonds is 7. The number of likely N-dealkylation sites (N-methyl/N-ethyl adjacent to an activating group) is 1. The van der Waals surface area contributed by atoms with Crippen LogP contribution in [0, 0.1) is 0 Å². The molecule has 0 saturated heterocycles. The Morgan fingerprint density at radius 1 is 1.14 bits per heavy atom. The maximum atomic E-state index is 12.5. The quantitative estimate of drug-likeness (QED) is 0.586. The Morgan fingerprint density at radius 3 is 2.45 bits per heavy atom. The summed E-state index contributed by atoms with van der Waals surface area (Å²) in [5.41, 5.74) is 0.818. The van der Waals surface area contributed by atoms with Gasteiger partial charge in [-0.15, -0.1) is 13.2 Å². The molecular weight excluding hydrogens is 411 g/mol. The molecule has 0 aliphatic rings. The average molecular weight is 430 g/mol. The van der Waals surface area contributed by atoms with Crippen LogP contribution < -0.4 is 14.2 Å². The molecule has 0 fully saturated rings. The number of carbonyl (C=O) groups is 1. The van der Waals surface area contributed by atoms with Gasteiger partial charge in [0, 0.05) is 25.2 Å². The molecule has 2 aromatic rings. The Hall–Kier alpha value is -2.87. The first kappa shape index (κ1) is 22.4. The van der Waals surface area contributed by atoms with E-state index in [0.717, 1.165) is 0 Å². The van der Waals surface area contributed by atoms with Crippen LogP contribution in [0.5, 0.6) is 17.2 Å². The van der Waals surface area contributed by atoms with E-state index in [-0.39, 0.29) is 17.9 Å². The molecule has 0 aliphatic heterocycles. The van der Waals surface area contributed by atoms with Gasteiger partial charge in [-0.1, -0.05) is 29.8 Å². The maximum absolute atomic E-state index is 12.5. The zero-order valence-corrected chi connectivity index (χ0v) is 16.7. The second-order valence-electron chi connectivity index (χ2n) is 5.92. The number of para-hydroxylation sites is 1. The van der Waals surface area contributed by atoms with E-state index in [0.29, 0.717) is 22.1 Å². The molecule has 0 heterocycles. The van der Waals surface area contributed by atoms with Crippen LogP contribution in [-0.2, 0) is 11.3 Å². The molecule has 0 unspecified atom stereocenters. The van der Waals surface area contributed by atoms with Crippen molar-refractivity contribution in [1.29, 1.82) is 0 Å². The normalized spacial score (nSPS) is 11.4. The highest BCUT2D eigenvalue weighted by Gasteiger charge is 2.32. The Balaban J connectivity index is 2.13. The van der Waals surface area contributed by atoms with Gasteiger partial charge in [0.15, 0.2) is 11.5 Å². The predicted octanol–water partition coefficient (Wildman–Crippen LogP) is 4.93. The van der Waals surface area contributed by atoms with Crippen LogP contribution in [0.15, 0.2) is 42.5 Å². The lowest BCUT2D eigenvalue weighted by molar-refractivity contribution is -0.275. The zero-order chi connectivity index (χ0) is 21.6. The van der Waals surface area contributed by atoms with Crippen LogP contribution in [-0.4, -0.2) is 38.4 Å². The number of carbonyl (C=O) groups excluding carboxylic acids is 1. The van der Waals surface area contributed by atoms with E-state index >= 15 is 0 Å². The van der Waals surface area contributed by atoms with Crippen molar-refractivity contribution in [1.82, 2.24) is 4.90 Å². The maximum Gasteiger partial charge on any atom is 0.573 e. The predicted molar refractivity (Wildman–Crippen MR) is 103 cm³/mol. The van der Waals surface area contributed by atoms with Gasteiger partial charge in [0.2, 0.25) is 5.91 Å². The van der Waals surface area contributed by atoms with Crippen molar-refractivity contribution < 1.29 is 32.2 Å². The summed E-state index contributed by atoms with van der Waals surface area (Å²) < 4.78 is 51.9. The SMILES string of the molecule is COc1cc(/C=C/C(=O)N(C)Cc2ccccc2OC(F)(F)F)cc(Cl)c1OC. The van der Waals surface area contributed by atoms with E-state index in [9.17, 15) is 18.0 Å². The van der Waals surface area contributed by atoms with Gasteiger partial charge in [0.1, 0.15) is 5.75 Å². The molecule has 9 heteroatoms. The number of methoxy groups -OCH3 is 2. The van der Waals surface area contributed by atoms with Crippen molar-refractivity contribution in [2.24, 2.45) is 0 Å². The summed E-state index contributed by atoms with van der Waals surface area (Å²) in [6, 6.07) is 8.89. The molecule has 0 bridgehead atoms. The smallest absolute Gasteiger partial charge is 0.493 e. The fraction of sp³-hybridized carbons (Fsp3) is 0.250. The molecular formula is C20H19ClF3NO4. The minimum absolute atomic E-state index is 0.0673. The molecule has 0 spiro atoms. The number of benzene rings is 2. The molecule has 2 aromatic carbocycles. The third-order valence-electron chi connectivity index (χ3n) is 3.86. The van der Waals surface area contributed by atoms with Crippen molar-refractivity contribution in [2.45, 2.75) is 12.9 Å². The highest BCUT2D eigenvalue weighted by Crippen LogP contribution is 2.36. The molecule has 1 amide bonds. The molecule has 5 nitrogen and oxygen atoms in total. The Kier molecular flexibility index (Phi) is 7.39. The van der Waals surface area contributed by atoms with E-state index in [1.54, 1.807) is 18.2 Å². The summed E-state index contributed by atoms with van der Waals surface area (Å²) in [6.07, 6.45) is -2.01. The summed E-state index contributed by atoms with van der Waals surface area (Å²) in [4.78, 5) is 13.6. The summed E-state index contributed by atoms with van der Waals surface area (Å²) in [6.45, 7) is -0.0673. The molecule has 0 atom stereocenters. The van der Waals surface area contributed by atoms with E-state index < -0.39 is 12.3 Å². The first-order chi connectivity index (χ1) is 13.6. The molecule has 0 N–H and O–H groups in total. The number of amides is 1. The summed E-state index contributed by atoms with van der Waals surface area (Å²) in [7, 11) is 4.39. The molecule has 0 aromatic heterocycles. The lowest BCUT2D eigenvalue weighted by atomic mass is 10.1. The minimum Gasteiger partial charge on any atom is -0.493 e. The van der Waals surface area contributed by atoms with E-state index in [4.69, 9.17) is 21.1 Å². The van der Waals surface area contributed by atoms with Crippen molar-refractivity contribution in [3.63, 3.8) is 0 Å². The zero-order valence-electron chi connectivity index (χ0n) is 15.9. The van der Waals surface area contributed by atoms with Gasteiger partial charge in [-0.05, 0) is 29.8 Å². The van der Waals surface area contributed by atoms with Crippen LogP contribution in [0.3, 0.4) is 0 Å². The Morgan fingerprint density at radius 2 is 1.83 bits per heavy atom. The van der Waals surface area contributed by atoms with Crippen molar-refractivity contribution in [3.05, 3.63) is 58.6 Å². The third kappa shape index (κ3) is 6.32. The van der Waals surface area contributed by atoms with E-state index in [1.165, 1.54) is 56.5 Å². The van der Waals surface area contributed by atoms with Gasteiger partial charge in [-0.3, -0.25) is 4.79 Å². The van der Waals surface area contributed by atoms with Crippen LogP contribution in [0.1, 0.15) is 11.1 Å². The lowest BCUT2D eigenvalue weighted by Crippen LogP contribution is -2.25. The van der Waals surface area contributed by atoms with Crippen LogP contribution in [0.4, 0.5) is 13.2 Å². The number of hydrogen-bond acceptors (Lipinski definition) is 4. The highest BCUT2D eigenvalue weighted by molar-refractivity contribution is 6.32. The fourth-order valence-corrected chi connectivity index (χ4v) is 2.82. The third-order valence-corrected chi connectivity index (χ3v) is 4.14. The van der Waals surface area contributed by atoms with Crippen molar-refractivity contribution in [2.75, 3.05) is 21.3 Å². The summed E-state index contributed by atoms with van der Waals surface area (Å²) >= 11 is 6.13. The first-order valence-corrected chi connectivity index (χ1v) is 8.70. The minimum atomic E-state index is -4.81. The van der Waals surface area contributed by atoms with Crippen molar-refractivity contribution in [3.8, 4) is 17.2 Å². The van der Waals surface area contributed by atoms with Crippen LogP contribution in [0.25, 0.3) is 6.08 Å². The van der Waals surface area contributed by atoms with Gasteiger partial charge in [0.25, 0.3) is 0 Å². The monoisotopic (exact) mass is 429 g/mol. The van der Waals surface area contributed by atoms with Gasteiger partial charge < -0.3 is 19.1 Å². The van der Waals surface area contributed by atoms with Gasteiger partial charge in [-0.25, -0.2) is 0 Å². The number of hydrogen-bond donors (Lipinski definition) is 0. The number of nitrogens with zero attached hydrogens (tertiary/aromatic N) is 1. The summed E-state index contributed by atoms with van der Waals surface area (Å²) in [5, 5.41) is 0.311. The molecule has 2 rings (SSSR count). The van der Waals surface area contributed by atoms with Gasteiger partial charge in [-0.2, -0.15) is 0 Å². The second-order valence-corrected chi connectivity index (χ2v) is 6.33. The van der Waals surface area contributed by atoms with Gasteiger partial charge >= 0.3 is 6.36 Å². The largest absolute Gasteiger partial charge is 0.573 e. The highest BCUT2D eigenvalue weighted by atomic mass is 35.5. The molecule has 29 heavy (non-hydrogen) atoms. The standard InChI is InChI=1S/C20H19ClF3NO4/c1-25(12-14-6-4-5-7-16(14)29-20(22,23)24)18(26)9-8-13-10-15(21)19(28-3)17(11-13)27-2/h4-11H,12H2,1-3H3/b9-8+. The molecule has 0 aliphatic carbocycles. The van der Waals surface area contributed by atoms with Gasteiger partial charge in [0.05, 0.1) is 19.2 Å². The second kappa shape index (κ2) is 9.56. The molecule has 0 radical (unpaired) electrons. The number of halogens is 4. The van der Waals surface area contributed by atoms with Crippen LogP contribution >= 0.6 is 11.6 Å². The van der Waals surface area contributed by atoms with Crippen molar-refractivity contribution >= 4 is 23.6 Å². The lowest BCUT2D eigenvalue weighted by Gasteiger charge is -2.18. The van der Waals surface area contributed by atoms with E-state index in [2.05, 4.69) is 4.74 Å². The number of alkyl halides is 3. The average Bonchev–Trinajstić information content (AvgIpc) is 2.65.